The maximum absolute atomic E-state index is 11.1. The maximum atomic E-state index is 11.1. The van der Waals surface area contributed by atoms with Gasteiger partial charge in [0.15, 0.2) is 0 Å². The van der Waals surface area contributed by atoms with Gasteiger partial charge in [0.1, 0.15) is 0 Å². The number of amides is 2. The Balaban J connectivity index is 3.97. The Hall–Kier alpha value is -1.58. The van der Waals surface area contributed by atoms with Gasteiger partial charge in [-0.05, 0) is 36.3 Å². The van der Waals surface area contributed by atoms with Crippen LogP contribution in [0.2, 0.25) is 0 Å². The molecular weight excluding hydrogens is 240 g/mol. The lowest BCUT2D eigenvalue weighted by Crippen LogP contribution is -2.34. The Morgan fingerprint density at radius 2 is 1.68 bits per heavy atom. The minimum absolute atomic E-state index is 0.0283. The van der Waals surface area contributed by atoms with Crippen LogP contribution in [-0.2, 0) is 9.59 Å². The summed E-state index contributed by atoms with van der Waals surface area (Å²) in [5.41, 5.74) is 0.0283. The Labute approximate surface area is 116 Å². The minimum Gasteiger partial charge on any atom is -0.353 e. The van der Waals surface area contributed by atoms with Crippen LogP contribution in [0.15, 0.2) is 25.3 Å². The second-order valence-electron chi connectivity index (χ2n) is 5.68. The molecule has 0 aliphatic heterocycles. The summed E-state index contributed by atoms with van der Waals surface area (Å²) in [6.45, 7) is 14.5. The third kappa shape index (κ3) is 9.05. The summed E-state index contributed by atoms with van der Waals surface area (Å²) >= 11 is 0. The zero-order valence-electron chi connectivity index (χ0n) is 12.3. The molecule has 4 heteroatoms. The summed E-state index contributed by atoms with van der Waals surface area (Å²) in [5.74, 6) is 0.199. The highest BCUT2D eigenvalue weighted by molar-refractivity contribution is 5.87. The fourth-order valence-corrected chi connectivity index (χ4v) is 2.03. The van der Waals surface area contributed by atoms with Crippen molar-refractivity contribution in [2.75, 3.05) is 13.1 Å². The van der Waals surface area contributed by atoms with E-state index in [1.165, 1.54) is 12.2 Å². The lowest BCUT2D eigenvalue weighted by atomic mass is 9.82. The molecule has 1 atom stereocenters. The summed E-state index contributed by atoms with van der Waals surface area (Å²) in [6, 6.07) is 0. The van der Waals surface area contributed by atoms with Crippen LogP contribution >= 0.6 is 0 Å². The Bertz CT molecular complexity index is 335. The predicted molar refractivity (Wildman–Crippen MR) is 78.6 cm³/mol. The van der Waals surface area contributed by atoms with Gasteiger partial charge < -0.3 is 10.6 Å². The number of carbonyl (C=O) groups excluding carboxylic acids is 2. The molecule has 0 aromatic rings. The van der Waals surface area contributed by atoms with Crippen molar-refractivity contribution in [2.45, 2.75) is 33.6 Å². The molecule has 0 radical (unpaired) electrons. The average Bonchev–Trinajstić information content (AvgIpc) is 2.35. The van der Waals surface area contributed by atoms with Crippen molar-refractivity contribution in [1.82, 2.24) is 10.6 Å². The topological polar surface area (TPSA) is 58.2 Å². The highest BCUT2D eigenvalue weighted by atomic mass is 16.2. The SMILES string of the molecule is C=CC(=O)NCCC(C)CC(C)(C)CNC(=O)C=C. The second kappa shape index (κ2) is 8.51. The number of rotatable bonds is 9. The Morgan fingerprint density at radius 3 is 2.21 bits per heavy atom. The summed E-state index contributed by atoms with van der Waals surface area (Å²) in [5, 5.41) is 5.59. The van der Waals surface area contributed by atoms with Crippen LogP contribution in [-0.4, -0.2) is 24.9 Å². The van der Waals surface area contributed by atoms with Crippen LogP contribution in [0.1, 0.15) is 33.6 Å². The predicted octanol–water partition coefficient (Wildman–Crippen LogP) is 2.03. The van der Waals surface area contributed by atoms with Crippen molar-refractivity contribution < 1.29 is 9.59 Å². The second-order valence-corrected chi connectivity index (χ2v) is 5.68. The number of nitrogens with one attached hydrogen (secondary N) is 2. The molecular formula is C15H26N2O2. The zero-order chi connectivity index (χ0) is 14.9. The summed E-state index contributed by atoms with van der Waals surface area (Å²) in [4.78, 5) is 22.1. The van der Waals surface area contributed by atoms with Crippen LogP contribution in [0.5, 0.6) is 0 Å². The van der Waals surface area contributed by atoms with Gasteiger partial charge in [-0.1, -0.05) is 33.9 Å². The first-order valence-electron chi connectivity index (χ1n) is 6.61. The molecule has 0 saturated heterocycles. The van der Waals surface area contributed by atoms with Crippen LogP contribution in [0.3, 0.4) is 0 Å². The van der Waals surface area contributed by atoms with E-state index in [1.54, 1.807) is 0 Å². The molecule has 0 rings (SSSR count). The lowest BCUT2D eigenvalue weighted by Gasteiger charge is -2.28. The molecule has 0 spiro atoms. The number of carbonyl (C=O) groups is 2. The van der Waals surface area contributed by atoms with Crippen molar-refractivity contribution in [1.29, 1.82) is 0 Å². The molecule has 4 nitrogen and oxygen atoms in total. The van der Waals surface area contributed by atoms with E-state index in [2.05, 4.69) is 44.6 Å². The normalized spacial score (nSPS) is 12.4. The van der Waals surface area contributed by atoms with Gasteiger partial charge in [-0.25, -0.2) is 0 Å². The smallest absolute Gasteiger partial charge is 0.243 e. The van der Waals surface area contributed by atoms with Crippen molar-refractivity contribution in [3.8, 4) is 0 Å². The largest absolute Gasteiger partial charge is 0.353 e. The molecule has 19 heavy (non-hydrogen) atoms. The van der Waals surface area contributed by atoms with Gasteiger partial charge in [-0.15, -0.1) is 0 Å². The molecule has 0 fully saturated rings. The van der Waals surface area contributed by atoms with Crippen molar-refractivity contribution in [2.24, 2.45) is 11.3 Å². The molecule has 0 saturated carbocycles. The van der Waals surface area contributed by atoms with Crippen LogP contribution < -0.4 is 10.6 Å². The quantitative estimate of drug-likeness (QED) is 0.627. The van der Waals surface area contributed by atoms with Gasteiger partial charge in [0.25, 0.3) is 0 Å². The first-order valence-corrected chi connectivity index (χ1v) is 6.61. The van der Waals surface area contributed by atoms with Gasteiger partial charge >= 0.3 is 0 Å². The monoisotopic (exact) mass is 266 g/mol. The Kier molecular flexibility index (Phi) is 7.80. The molecule has 2 amide bonds. The lowest BCUT2D eigenvalue weighted by molar-refractivity contribution is -0.117. The molecule has 0 aromatic carbocycles. The van der Waals surface area contributed by atoms with Crippen LogP contribution in [0.25, 0.3) is 0 Å². The summed E-state index contributed by atoms with van der Waals surface area (Å²) in [6.07, 6.45) is 4.45. The summed E-state index contributed by atoms with van der Waals surface area (Å²) < 4.78 is 0. The van der Waals surface area contributed by atoms with Gasteiger partial charge in [0.05, 0.1) is 0 Å². The van der Waals surface area contributed by atoms with Crippen molar-refractivity contribution in [3.63, 3.8) is 0 Å². The zero-order valence-corrected chi connectivity index (χ0v) is 12.3. The molecule has 108 valence electrons. The first kappa shape index (κ1) is 17.4. The van der Waals surface area contributed by atoms with Gasteiger partial charge in [0.2, 0.25) is 11.8 Å². The van der Waals surface area contributed by atoms with E-state index in [-0.39, 0.29) is 17.2 Å². The highest BCUT2D eigenvalue weighted by Gasteiger charge is 2.21. The molecule has 0 aliphatic rings. The Morgan fingerprint density at radius 1 is 1.16 bits per heavy atom. The molecule has 0 bridgehead atoms. The standard InChI is InChI=1S/C15H26N2O2/c1-6-13(18)16-9-8-12(3)10-15(4,5)11-17-14(19)7-2/h6-7,12H,1-2,8-11H2,3-5H3,(H,16,18)(H,17,19). The highest BCUT2D eigenvalue weighted by Crippen LogP contribution is 2.26. The number of hydrogen-bond donors (Lipinski definition) is 2. The fraction of sp³-hybridized carbons (Fsp3) is 0.600. The van der Waals surface area contributed by atoms with E-state index in [9.17, 15) is 9.59 Å². The van der Waals surface area contributed by atoms with E-state index >= 15 is 0 Å². The van der Waals surface area contributed by atoms with Gasteiger partial charge in [-0.3, -0.25) is 9.59 Å². The van der Waals surface area contributed by atoms with E-state index in [4.69, 9.17) is 0 Å². The fourth-order valence-electron chi connectivity index (χ4n) is 2.03. The third-order valence-corrected chi connectivity index (χ3v) is 2.95. The molecule has 0 aromatic heterocycles. The first-order chi connectivity index (χ1) is 8.80. The maximum Gasteiger partial charge on any atom is 0.243 e. The van der Waals surface area contributed by atoms with Crippen molar-refractivity contribution in [3.05, 3.63) is 25.3 Å². The van der Waals surface area contributed by atoms with Crippen LogP contribution in [0, 0.1) is 11.3 Å². The van der Waals surface area contributed by atoms with Crippen molar-refractivity contribution >= 4 is 11.8 Å². The van der Waals surface area contributed by atoms with Gasteiger partial charge in [-0.2, -0.15) is 0 Å². The minimum atomic E-state index is -0.140. The van der Waals surface area contributed by atoms with Crippen LogP contribution in [0.4, 0.5) is 0 Å². The number of hydrogen-bond acceptors (Lipinski definition) is 2. The van der Waals surface area contributed by atoms with E-state index in [0.29, 0.717) is 19.0 Å². The van der Waals surface area contributed by atoms with E-state index in [0.717, 1.165) is 12.8 Å². The van der Waals surface area contributed by atoms with E-state index < -0.39 is 0 Å². The molecule has 0 aliphatic carbocycles. The molecule has 0 heterocycles. The summed E-state index contributed by atoms with van der Waals surface area (Å²) in [7, 11) is 0. The average molecular weight is 266 g/mol. The molecule has 1 unspecified atom stereocenters. The van der Waals surface area contributed by atoms with E-state index in [1.807, 2.05) is 0 Å². The molecule has 2 N–H and O–H groups in total. The third-order valence-electron chi connectivity index (χ3n) is 2.95. The van der Waals surface area contributed by atoms with Gasteiger partial charge in [0, 0.05) is 13.1 Å².